The highest BCUT2D eigenvalue weighted by molar-refractivity contribution is 6.13. The lowest BCUT2D eigenvalue weighted by Gasteiger charge is -2.28. The Labute approximate surface area is 182 Å². The lowest BCUT2D eigenvalue weighted by Crippen LogP contribution is -2.41. The first kappa shape index (κ1) is 19.3. The molecular weight excluding hydrogens is 382 g/mol. The summed E-state index contributed by atoms with van der Waals surface area (Å²) in [5.41, 5.74) is 5.97. The Morgan fingerprint density at radius 2 is 1.61 bits per heavy atom. The van der Waals surface area contributed by atoms with Gasteiger partial charge in [-0.1, -0.05) is 72.8 Å². The van der Waals surface area contributed by atoms with Crippen molar-refractivity contribution in [2.24, 2.45) is 4.99 Å². The SMILES string of the molecule is COc1c(-c2ccccc2)nc2ccccc2c1C1=NCC(C)(c2ccccc2C)N1. The molecule has 0 amide bonds. The Morgan fingerprint density at radius 3 is 2.39 bits per heavy atom. The molecule has 1 atom stereocenters. The molecule has 5 rings (SSSR count). The molecule has 154 valence electrons. The molecule has 4 aromatic rings. The number of aromatic nitrogens is 1. The number of nitrogens with zero attached hydrogens (tertiary/aromatic N) is 2. The van der Waals surface area contributed by atoms with Crippen molar-refractivity contribution in [3.63, 3.8) is 0 Å². The second kappa shape index (κ2) is 7.55. The standard InChI is InChI=1S/C27H25N3O/c1-18-11-7-9-15-21(18)27(2)17-28-26(30-27)23-20-14-8-10-16-22(20)29-24(25(23)31-3)19-12-5-4-6-13-19/h4-16H,17H2,1-3H3,(H,28,30). The largest absolute Gasteiger partial charge is 0.494 e. The zero-order valence-corrected chi connectivity index (χ0v) is 18.0. The summed E-state index contributed by atoms with van der Waals surface area (Å²) in [5, 5.41) is 4.76. The zero-order valence-electron chi connectivity index (χ0n) is 18.0. The van der Waals surface area contributed by atoms with Crippen LogP contribution < -0.4 is 10.1 Å². The Bertz CT molecular complexity index is 1300. The van der Waals surface area contributed by atoms with Crippen LogP contribution in [0.1, 0.15) is 23.6 Å². The van der Waals surface area contributed by atoms with E-state index in [9.17, 15) is 0 Å². The highest BCUT2D eigenvalue weighted by Crippen LogP contribution is 2.38. The van der Waals surface area contributed by atoms with Gasteiger partial charge in [-0.3, -0.25) is 4.99 Å². The Balaban J connectivity index is 1.69. The summed E-state index contributed by atoms with van der Waals surface area (Å²) in [6.07, 6.45) is 0. The number of hydrogen-bond acceptors (Lipinski definition) is 4. The predicted molar refractivity (Wildman–Crippen MR) is 127 cm³/mol. The molecule has 1 N–H and O–H groups in total. The monoisotopic (exact) mass is 407 g/mol. The van der Waals surface area contributed by atoms with Crippen molar-refractivity contribution >= 4 is 16.7 Å². The van der Waals surface area contributed by atoms with E-state index in [0.29, 0.717) is 6.54 Å². The highest BCUT2D eigenvalue weighted by Gasteiger charge is 2.35. The minimum Gasteiger partial charge on any atom is -0.494 e. The van der Waals surface area contributed by atoms with Crippen molar-refractivity contribution in [3.8, 4) is 17.0 Å². The van der Waals surface area contributed by atoms with Crippen molar-refractivity contribution in [2.75, 3.05) is 13.7 Å². The molecule has 31 heavy (non-hydrogen) atoms. The van der Waals surface area contributed by atoms with Crippen molar-refractivity contribution in [2.45, 2.75) is 19.4 Å². The van der Waals surface area contributed by atoms with Gasteiger partial charge in [0.2, 0.25) is 0 Å². The van der Waals surface area contributed by atoms with Gasteiger partial charge in [0.15, 0.2) is 5.75 Å². The summed E-state index contributed by atoms with van der Waals surface area (Å²) >= 11 is 0. The molecule has 0 fully saturated rings. The van der Waals surface area contributed by atoms with Gasteiger partial charge in [-0.2, -0.15) is 0 Å². The van der Waals surface area contributed by atoms with Crippen molar-refractivity contribution in [3.05, 3.63) is 95.6 Å². The van der Waals surface area contributed by atoms with Crippen LogP contribution in [0.5, 0.6) is 5.75 Å². The van der Waals surface area contributed by atoms with Gasteiger partial charge in [0.25, 0.3) is 0 Å². The average Bonchev–Trinajstić information content (AvgIpc) is 3.21. The normalized spacial score (nSPS) is 18.0. The molecule has 1 aliphatic rings. The van der Waals surface area contributed by atoms with Gasteiger partial charge < -0.3 is 10.1 Å². The number of nitrogens with one attached hydrogen (secondary N) is 1. The molecule has 4 heteroatoms. The van der Waals surface area contributed by atoms with Gasteiger partial charge in [-0.25, -0.2) is 4.98 Å². The molecule has 0 spiro atoms. The van der Waals surface area contributed by atoms with E-state index in [1.807, 2.05) is 36.4 Å². The number of pyridine rings is 1. The van der Waals surface area contributed by atoms with E-state index in [1.165, 1.54) is 11.1 Å². The minimum absolute atomic E-state index is 0.275. The quantitative estimate of drug-likeness (QED) is 0.487. The first-order valence-corrected chi connectivity index (χ1v) is 10.5. The number of ether oxygens (including phenoxy) is 1. The molecule has 1 aromatic heterocycles. The van der Waals surface area contributed by atoms with Crippen LogP contribution in [0.15, 0.2) is 83.9 Å². The fourth-order valence-corrected chi connectivity index (χ4v) is 4.48. The number of aryl methyl sites for hydroxylation is 1. The molecule has 4 nitrogen and oxygen atoms in total. The Kier molecular flexibility index (Phi) is 4.70. The van der Waals surface area contributed by atoms with Crippen molar-refractivity contribution in [1.82, 2.24) is 10.3 Å². The molecular formula is C27H25N3O. The second-order valence-corrected chi connectivity index (χ2v) is 8.19. The predicted octanol–water partition coefficient (Wildman–Crippen LogP) is 5.48. The summed E-state index contributed by atoms with van der Waals surface area (Å²) < 4.78 is 5.97. The van der Waals surface area contributed by atoms with E-state index < -0.39 is 0 Å². The van der Waals surface area contributed by atoms with E-state index >= 15 is 0 Å². The third kappa shape index (κ3) is 3.25. The maximum atomic E-state index is 5.97. The molecule has 0 saturated heterocycles. The van der Waals surface area contributed by atoms with E-state index in [0.717, 1.165) is 39.3 Å². The second-order valence-electron chi connectivity index (χ2n) is 8.19. The number of benzene rings is 3. The summed E-state index contributed by atoms with van der Waals surface area (Å²) in [4.78, 5) is 9.92. The fraction of sp³-hybridized carbons (Fsp3) is 0.185. The summed E-state index contributed by atoms with van der Waals surface area (Å²) in [7, 11) is 1.71. The molecule has 0 bridgehead atoms. The van der Waals surface area contributed by atoms with Crippen LogP contribution in [0.2, 0.25) is 0 Å². The highest BCUT2D eigenvalue weighted by atomic mass is 16.5. The maximum absolute atomic E-state index is 5.97. The Morgan fingerprint density at radius 1 is 0.903 bits per heavy atom. The smallest absolute Gasteiger partial charge is 0.156 e. The molecule has 1 unspecified atom stereocenters. The Hall–Kier alpha value is -3.66. The van der Waals surface area contributed by atoms with E-state index in [4.69, 9.17) is 14.7 Å². The zero-order chi connectivity index (χ0) is 21.4. The molecule has 3 aromatic carbocycles. The van der Waals surface area contributed by atoms with Gasteiger partial charge in [0.1, 0.15) is 11.5 Å². The van der Waals surface area contributed by atoms with Crippen LogP contribution in [-0.2, 0) is 5.54 Å². The number of para-hydroxylation sites is 1. The van der Waals surface area contributed by atoms with Crippen LogP contribution >= 0.6 is 0 Å². The van der Waals surface area contributed by atoms with Crippen LogP contribution in [0, 0.1) is 6.92 Å². The van der Waals surface area contributed by atoms with Gasteiger partial charge in [0.05, 0.1) is 30.3 Å². The lowest BCUT2D eigenvalue weighted by atomic mass is 9.89. The summed E-state index contributed by atoms with van der Waals surface area (Å²) in [6.45, 7) is 5.02. The number of fused-ring (bicyclic) bond motifs is 1. The third-order valence-corrected chi connectivity index (χ3v) is 6.02. The first-order valence-electron chi connectivity index (χ1n) is 10.5. The average molecular weight is 408 g/mol. The summed E-state index contributed by atoms with van der Waals surface area (Å²) in [6, 6.07) is 26.8. The van der Waals surface area contributed by atoms with Gasteiger partial charge >= 0.3 is 0 Å². The van der Waals surface area contributed by atoms with Crippen LogP contribution in [-0.4, -0.2) is 24.5 Å². The van der Waals surface area contributed by atoms with E-state index in [1.54, 1.807) is 7.11 Å². The first-order chi connectivity index (χ1) is 15.1. The third-order valence-electron chi connectivity index (χ3n) is 6.02. The van der Waals surface area contributed by atoms with Crippen LogP contribution in [0.4, 0.5) is 0 Å². The number of methoxy groups -OCH3 is 1. The number of rotatable bonds is 4. The van der Waals surface area contributed by atoms with Crippen LogP contribution in [0.25, 0.3) is 22.2 Å². The summed E-state index contributed by atoms with van der Waals surface area (Å²) in [5.74, 6) is 1.59. The number of hydrogen-bond donors (Lipinski definition) is 1. The van der Waals surface area contributed by atoms with Crippen molar-refractivity contribution < 1.29 is 4.74 Å². The van der Waals surface area contributed by atoms with Gasteiger partial charge in [-0.05, 0) is 31.0 Å². The van der Waals surface area contributed by atoms with Crippen molar-refractivity contribution in [1.29, 1.82) is 0 Å². The lowest BCUT2D eigenvalue weighted by molar-refractivity contribution is 0.414. The maximum Gasteiger partial charge on any atom is 0.156 e. The van der Waals surface area contributed by atoms with E-state index in [2.05, 4.69) is 61.6 Å². The molecule has 0 radical (unpaired) electrons. The molecule has 0 saturated carbocycles. The number of aliphatic imine (C=N–C) groups is 1. The van der Waals surface area contributed by atoms with Crippen LogP contribution in [0.3, 0.4) is 0 Å². The van der Waals surface area contributed by atoms with Gasteiger partial charge in [0, 0.05) is 10.9 Å². The number of amidine groups is 1. The molecule has 2 heterocycles. The fourth-order valence-electron chi connectivity index (χ4n) is 4.48. The van der Waals surface area contributed by atoms with Gasteiger partial charge in [-0.15, -0.1) is 0 Å². The van der Waals surface area contributed by atoms with E-state index in [-0.39, 0.29) is 5.54 Å². The molecule has 0 aliphatic carbocycles. The minimum atomic E-state index is -0.275. The topological polar surface area (TPSA) is 46.5 Å². The molecule has 1 aliphatic heterocycles.